The normalized spacial score (nSPS) is 37.4. The average Bonchev–Trinajstić information content (AvgIpc) is 1.95. The molecule has 3 nitrogen and oxygen atoms in total. The highest BCUT2D eigenvalue weighted by Crippen LogP contribution is 2.16. The van der Waals surface area contributed by atoms with Gasteiger partial charge >= 0.3 is 0 Å². The number of morpholine rings is 1. The molecule has 0 radical (unpaired) electrons. The van der Waals surface area contributed by atoms with Crippen molar-refractivity contribution in [3.05, 3.63) is 0 Å². The third kappa shape index (κ3) is 2.42. The maximum absolute atomic E-state index is 5.68. The third-order valence-electron chi connectivity index (χ3n) is 2.72. The van der Waals surface area contributed by atoms with Crippen molar-refractivity contribution >= 4 is 0 Å². The van der Waals surface area contributed by atoms with Crippen LogP contribution in [-0.2, 0) is 9.47 Å². The fraction of sp³-hybridized carbons (Fsp3) is 1.00. The van der Waals surface area contributed by atoms with Gasteiger partial charge < -0.3 is 9.47 Å². The Labute approximate surface area is 80.0 Å². The van der Waals surface area contributed by atoms with E-state index in [1.54, 1.807) is 0 Å². The van der Waals surface area contributed by atoms with Gasteiger partial charge in [-0.2, -0.15) is 0 Å². The lowest BCUT2D eigenvalue weighted by Gasteiger charge is -2.39. The van der Waals surface area contributed by atoms with Crippen LogP contribution < -0.4 is 0 Å². The monoisotopic (exact) mass is 185 g/mol. The molecule has 2 aliphatic rings. The van der Waals surface area contributed by atoms with Crippen molar-refractivity contribution in [2.45, 2.75) is 26.1 Å². The summed E-state index contributed by atoms with van der Waals surface area (Å²) in [5.74, 6) is 0.775. The molecule has 2 unspecified atom stereocenters. The van der Waals surface area contributed by atoms with Crippen molar-refractivity contribution in [2.75, 3.05) is 32.8 Å². The van der Waals surface area contributed by atoms with Gasteiger partial charge in [-0.1, -0.05) is 0 Å². The van der Waals surface area contributed by atoms with Gasteiger partial charge in [0.1, 0.15) is 0 Å². The smallest absolute Gasteiger partial charge is 0.0678 e. The fourth-order valence-corrected chi connectivity index (χ4v) is 2.19. The largest absolute Gasteiger partial charge is 0.381 e. The zero-order valence-corrected chi connectivity index (χ0v) is 8.53. The molecule has 2 rings (SSSR count). The van der Waals surface area contributed by atoms with E-state index < -0.39 is 0 Å². The first-order valence-corrected chi connectivity index (χ1v) is 5.19. The van der Waals surface area contributed by atoms with Crippen molar-refractivity contribution < 1.29 is 9.47 Å². The number of nitrogens with zero attached hydrogens (tertiary/aromatic N) is 1. The highest BCUT2D eigenvalue weighted by atomic mass is 16.5. The first-order chi connectivity index (χ1) is 6.24. The Morgan fingerprint density at radius 3 is 2.23 bits per heavy atom. The SMILES string of the molecule is CC1CN(CC2COC2)CC(C)O1. The molecule has 0 aromatic carbocycles. The van der Waals surface area contributed by atoms with Crippen LogP contribution in [0.4, 0.5) is 0 Å². The minimum absolute atomic E-state index is 0.393. The van der Waals surface area contributed by atoms with Gasteiger partial charge in [0.05, 0.1) is 25.4 Å². The summed E-state index contributed by atoms with van der Waals surface area (Å²) in [6, 6.07) is 0. The minimum Gasteiger partial charge on any atom is -0.381 e. The predicted molar refractivity (Wildman–Crippen MR) is 50.8 cm³/mol. The molecule has 0 bridgehead atoms. The molecule has 2 saturated heterocycles. The number of hydrogen-bond donors (Lipinski definition) is 0. The number of ether oxygens (including phenoxy) is 2. The van der Waals surface area contributed by atoms with Gasteiger partial charge in [-0.05, 0) is 13.8 Å². The molecule has 0 N–H and O–H groups in total. The van der Waals surface area contributed by atoms with Crippen molar-refractivity contribution in [3.63, 3.8) is 0 Å². The average molecular weight is 185 g/mol. The third-order valence-corrected chi connectivity index (χ3v) is 2.72. The van der Waals surface area contributed by atoms with E-state index in [0.717, 1.165) is 32.2 Å². The predicted octanol–water partition coefficient (Wildman–Crippen LogP) is 0.742. The van der Waals surface area contributed by atoms with E-state index in [9.17, 15) is 0 Å². The van der Waals surface area contributed by atoms with E-state index in [1.807, 2.05) is 0 Å². The summed E-state index contributed by atoms with van der Waals surface area (Å²) in [4.78, 5) is 2.51. The second kappa shape index (κ2) is 3.95. The molecule has 0 saturated carbocycles. The van der Waals surface area contributed by atoms with Crippen molar-refractivity contribution in [1.29, 1.82) is 0 Å². The Morgan fingerprint density at radius 2 is 1.77 bits per heavy atom. The zero-order chi connectivity index (χ0) is 9.26. The van der Waals surface area contributed by atoms with Gasteiger partial charge in [0.15, 0.2) is 0 Å². The van der Waals surface area contributed by atoms with E-state index in [2.05, 4.69) is 18.7 Å². The topological polar surface area (TPSA) is 21.7 Å². The van der Waals surface area contributed by atoms with Crippen LogP contribution >= 0.6 is 0 Å². The second-order valence-electron chi connectivity index (χ2n) is 4.38. The van der Waals surface area contributed by atoms with Gasteiger partial charge in [-0.3, -0.25) is 4.90 Å². The van der Waals surface area contributed by atoms with Crippen LogP contribution in [0.1, 0.15) is 13.8 Å². The van der Waals surface area contributed by atoms with Crippen molar-refractivity contribution in [3.8, 4) is 0 Å². The molecular weight excluding hydrogens is 166 g/mol. The summed E-state index contributed by atoms with van der Waals surface area (Å²) in [5.41, 5.74) is 0. The first kappa shape index (κ1) is 9.44. The van der Waals surface area contributed by atoms with E-state index in [-0.39, 0.29) is 0 Å². The number of hydrogen-bond acceptors (Lipinski definition) is 3. The molecule has 13 heavy (non-hydrogen) atoms. The molecular formula is C10H19NO2. The minimum atomic E-state index is 0.393. The maximum atomic E-state index is 5.68. The Hall–Kier alpha value is -0.120. The van der Waals surface area contributed by atoms with Crippen LogP contribution in [0.5, 0.6) is 0 Å². The Balaban J connectivity index is 1.77. The molecule has 2 fully saturated rings. The Bertz CT molecular complexity index is 160. The number of rotatable bonds is 2. The van der Waals surface area contributed by atoms with E-state index in [4.69, 9.17) is 9.47 Å². The standard InChI is InChI=1S/C10H19NO2/c1-8-3-11(4-9(2)13-8)5-10-6-12-7-10/h8-10H,3-7H2,1-2H3. The van der Waals surface area contributed by atoms with E-state index in [1.165, 1.54) is 6.54 Å². The molecule has 0 amide bonds. The molecule has 0 aliphatic carbocycles. The van der Waals surface area contributed by atoms with Crippen molar-refractivity contribution in [1.82, 2.24) is 4.90 Å². The second-order valence-corrected chi connectivity index (χ2v) is 4.38. The quantitative estimate of drug-likeness (QED) is 0.633. The van der Waals surface area contributed by atoms with Gasteiger partial charge in [-0.15, -0.1) is 0 Å². The Morgan fingerprint density at radius 1 is 1.15 bits per heavy atom. The fourth-order valence-electron chi connectivity index (χ4n) is 2.19. The summed E-state index contributed by atoms with van der Waals surface area (Å²) in [5, 5.41) is 0. The van der Waals surface area contributed by atoms with Crippen LogP contribution in [0, 0.1) is 5.92 Å². The van der Waals surface area contributed by atoms with Crippen molar-refractivity contribution in [2.24, 2.45) is 5.92 Å². The lowest BCUT2D eigenvalue weighted by atomic mass is 10.1. The molecule has 2 aliphatic heterocycles. The molecule has 2 heterocycles. The first-order valence-electron chi connectivity index (χ1n) is 5.19. The molecule has 0 aromatic rings. The van der Waals surface area contributed by atoms with Gasteiger partial charge in [0.25, 0.3) is 0 Å². The highest BCUT2D eigenvalue weighted by molar-refractivity contribution is 4.77. The summed E-state index contributed by atoms with van der Waals surface area (Å²) >= 11 is 0. The maximum Gasteiger partial charge on any atom is 0.0678 e. The van der Waals surface area contributed by atoms with Crippen LogP contribution in [0.15, 0.2) is 0 Å². The molecule has 2 atom stereocenters. The summed E-state index contributed by atoms with van der Waals surface area (Å²) in [6.45, 7) is 9.58. The highest BCUT2D eigenvalue weighted by Gasteiger charge is 2.27. The van der Waals surface area contributed by atoms with Gasteiger partial charge in [0, 0.05) is 25.6 Å². The van der Waals surface area contributed by atoms with E-state index in [0.29, 0.717) is 12.2 Å². The summed E-state index contributed by atoms with van der Waals surface area (Å²) < 4.78 is 10.8. The van der Waals surface area contributed by atoms with Crippen LogP contribution in [0.3, 0.4) is 0 Å². The summed E-state index contributed by atoms with van der Waals surface area (Å²) in [6.07, 6.45) is 0.787. The van der Waals surface area contributed by atoms with Crippen LogP contribution in [0.25, 0.3) is 0 Å². The lowest BCUT2D eigenvalue weighted by Crippen LogP contribution is -2.49. The van der Waals surface area contributed by atoms with E-state index >= 15 is 0 Å². The molecule has 0 spiro atoms. The van der Waals surface area contributed by atoms with Crippen LogP contribution in [0.2, 0.25) is 0 Å². The zero-order valence-electron chi connectivity index (χ0n) is 8.53. The van der Waals surface area contributed by atoms with Gasteiger partial charge in [-0.25, -0.2) is 0 Å². The molecule has 0 aromatic heterocycles. The molecule has 76 valence electrons. The van der Waals surface area contributed by atoms with Gasteiger partial charge in [0.2, 0.25) is 0 Å². The lowest BCUT2D eigenvalue weighted by molar-refractivity contribution is -0.0963. The Kier molecular flexibility index (Phi) is 2.86. The molecule has 3 heteroatoms. The van der Waals surface area contributed by atoms with Crippen LogP contribution in [-0.4, -0.2) is 50.0 Å². The summed E-state index contributed by atoms with van der Waals surface area (Å²) in [7, 11) is 0.